The van der Waals surface area contributed by atoms with Crippen LogP contribution in [0.15, 0.2) is 21.4 Å². The van der Waals surface area contributed by atoms with Gasteiger partial charge in [0.25, 0.3) is 5.91 Å². The highest BCUT2D eigenvalue weighted by molar-refractivity contribution is 9.10. The van der Waals surface area contributed by atoms with Crippen LogP contribution in [0.1, 0.15) is 10.4 Å². The van der Waals surface area contributed by atoms with E-state index in [1.165, 1.54) is 13.4 Å². The van der Waals surface area contributed by atoms with Crippen LogP contribution in [0.2, 0.25) is 0 Å². The van der Waals surface area contributed by atoms with Crippen LogP contribution in [0, 0.1) is 0 Å². The van der Waals surface area contributed by atoms with Crippen molar-refractivity contribution in [1.29, 1.82) is 0 Å². The number of carbonyl (C=O) groups is 1. The van der Waals surface area contributed by atoms with E-state index in [9.17, 15) is 4.79 Å². The van der Waals surface area contributed by atoms with Crippen molar-refractivity contribution in [2.75, 3.05) is 7.11 Å². The first kappa shape index (κ1) is 8.29. The van der Waals surface area contributed by atoms with E-state index < -0.39 is 0 Å². The van der Waals surface area contributed by atoms with Crippen LogP contribution in [0.25, 0.3) is 0 Å². The Morgan fingerprint density at radius 3 is 3.00 bits per heavy atom. The first-order valence-corrected chi connectivity index (χ1v) is 3.61. The molecule has 60 valence electrons. The first-order valence-electron chi connectivity index (χ1n) is 2.82. The fourth-order valence-electron chi connectivity index (χ4n) is 0.603. The zero-order chi connectivity index (χ0) is 8.27. The molecule has 1 aromatic heterocycles. The molecular weight excluding hydrogens is 214 g/mol. The Morgan fingerprint density at radius 2 is 2.55 bits per heavy atom. The molecule has 0 aliphatic rings. The molecule has 0 fully saturated rings. The van der Waals surface area contributed by atoms with Gasteiger partial charge < -0.3 is 4.42 Å². The summed E-state index contributed by atoms with van der Waals surface area (Å²) in [5.41, 5.74) is 2.57. The van der Waals surface area contributed by atoms with Crippen LogP contribution in [0.4, 0.5) is 0 Å². The predicted molar refractivity (Wildman–Crippen MR) is 40.9 cm³/mol. The summed E-state index contributed by atoms with van der Waals surface area (Å²) in [6.45, 7) is 0. The van der Waals surface area contributed by atoms with Crippen molar-refractivity contribution in [3.8, 4) is 0 Å². The minimum Gasteiger partial charge on any atom is -0.457 e. The van der Waals surface area contributed by atoms with Crippen LogP contribution >= 0.6 is 15.9 Å². The molecule has 1 heterocycles. The second-order valence-electron chi connectivity index (χ2n) is 1.74. The maximum Gasteiger partial charge on any atom is 0.279 e. The highest BCUT2D eigenvalue weighted by Gasteiger charge is 2.11. The second-order valence-corrected chi connectivity index (χ2v) is 2.46. The summed E-state index contributed by atoms with van der Waals surface area (Å²) in [7, 11) is 1.37. The molecule has 0 aliphatic carbocycles. The van der Waals surface area contributed by atoms with E-state index >= 15 is 0 Å². The molecule has 11 heavy (non-hydrogen) atoms. The third kappa shape index (κ3) is 1.81. The van der Waals surface area contributed by atoms with E-state index in [0.717, 1.165) is 0 Å². The molecule has 0 saturated carbocycles. The van der Waals surface area contributed by atoms with Crippen molar-refractivity contribution >= 4 is 21.8 Å². The molecule has 0 atom stereocenters. The van der Waals surface area contributed by atoms with Gasteiger partial charge in [0.15, 0.2) is 4.67 Å². The SMILES string of the molecule is CONC(=O)c1ccoc1Br. The van der Waals surface area contributed by atoms with Crippen molar-refractivity contribution in [3.63, 3.8) is 0 Å². The lowest BCUT2D eigenvalue weighted by Crippen LogP contribution is -2.21. The molecule has 1 amide bonds. The van der Waals surface area contributed by atoms with Gasteiger partial charge in [-0.05, 0) is 22.0 Å². The zero-order valence-corrected chi connectivity index (χ0v) is 7.34. The first-order chi connectivity index (χ1) is 5.25. The van der Waals surface area contributed by atoms with Gasteiger partial charge >= 0.3 is 0 Å². The van der Waals surface area contributed by atoms with E-state index in [4.69, 9.17) is 4.42 Å². The second kappa shape index (κ2) is 3.54. The number of hydrogen-bond acceptors (Lipinski definition) is 3. The standard InChI is InChI=1S/C6H6BrNO3/c1-10-8-6(9)4-2-3-11-5(4)7/h2-3H,1H3,(H,8,9). The quantitative estimate of drug-likeness (QED) is 0.765. The summed E-state index contributed by atoms with van der Waals surface area (Å²) in [4.78, 5) is 15.4. The molecule has 0 bridgehead atoms. The van der Waals surface area contributed by atoms with Crippen LogP contribution in [0.5, 0.6) is 0 Å². The maximum absolute atomic E-state index is 11.0. The molecule has 0 unspecified atom stereocenters. The summed E-state index contributed by atoms with van der Waals surface area (Å²) in [6.07, 6.45) is 1.41. The Balaban J connectivity index is 2.76. The smallest absolute Gasteiger partial charge is 0.279 e. The van der Waals surface area contributed by atoms with E-state index in [1.807, 2.05) is 0 Å². The van der Waals surface area contributed by atoms with Gasteiger partial charge in [0, 0.05) is 0 Å². The Kier molecular flexibility index (Phi) is 2.67. The molecule has 0 aliphatic heterocycles. The number of amides is 1. The summed E-state index contributed by atoms with van der Waals surface area (Å²) < 4.78 is 5.23. The van der Waals surface area contributed by atoms with Crippen LogP contribution < -0.4 is 5.48 Å². The van der Waals surface area contributed by atoms with Gasteiger partial charge in [-0.15, -0.1) is 0 Å². The molecule has 0 radical (unpaired) electrons. The Labute approximate surface area is 71.6 Å². The largest absolute Gasteiger partial charge is 0.457 e. The van der Waals surface area contributed by atoms with Gasteiger partial charge in [0.2, 0.25) is 0 Å². The lowest BCUT2D eigenvalue weighted by Gasteiger charge is -1.97. The monoisotopic (exact) mass is 219 g/mol. The summed E-state index contributed by atoms with van der Waals surface area (Å²) in [5, 5.41) is 0. The topological polar surface area (TPSA) is 51.5 Å². The molecule has 1 rings (SSSR count). The van der Waals surface area contributed by atoms with Gasteiger partial charge in [-0.2, -0.15) is 0 Å². The molecule has 1 N–H and O–H groups in total. The fourth-order valence-corrected chi connectivity index (χ4v) is 1.02. The van der Waals surface area contributed by atoms with Crippen molar-refractivity contribution in [1.82, 2.24) is 5.48 Å². The van der Waals surface area contributed by atoms with E-state index in [0.29, 0.717) is 10.2 Å². The van der Waals surface area contributed by atoms with E-state index in [1.54, 1.807) is 6.07 Å². The minimum absolute atomic E-state index is 0.340. The lowest BCUT2D eigenvalue weighted by molar-refractivity contribution is 0.0536. The molecule has 5 heteroatoms. The zero-order valence-electron chi connectivity index (χ0n) is 5.76. The molecule has 0 spiro atoms. The minimum atomic E-state index is -0.340. The van der Waals surface area contributed by atoms with Gasteiger partial charge in [-0.1, -0.05) is 0 Å². The molecule has 0 aromatic carbocycles. The number of furan rings is 1. The normalized spacial score (nSPS) is 9.64. The maximum atomic E-state index is 11.0. The molecule has 0 saturated heterocycles. The third-order valence-electron chi connectivity index (χ3n) is 1.06. The lowest BCUT2D eigenvalue weighted by atomic mass is 10.3. The van der Waals surface area contributed by atoms with Gasteiger partial charge in [0.05, 0.1) is 18.9 Å². The van der Waals surface area contributed by atoms with E-state index in [2.05, 4.69) is 26.2 Å². The summed E-state index contributed by atoms with van der Waals surface area (Å²) >= 11 is 3.05. The third-order valence-corrected chi connectivity index (χ3v) is 1.67. The van der Waals surface area contributed by atoms with Crippen molar-refractivity contribution in [2.45, 2.75) is 0 Å². The van der Waals surface area contributed by atoms with Crippen LogP contribution in [0.3, 0.4) is 0 Å². The average Bonchev–Trinajstić information content (AvgIpc) is 2.36. The summed E-state index contributed by atoms with van der Waals surface area (Å²) in [6, 6.07) is 1.54. The number of halogens is 1. The number of rotatable bonds is 2. The Morgan fingerprint density at radius 1 is 1.82 bits per heavy atom. The summed E-state index contributed by atoms with van der Waals surface area (Å²) in [5.74, 6) is -0.340. The number of hydroxylamine groups is 1. The molecule has 1 aromatic rings. The molecular formula is C6H6BrNO3. The Bertz CT molecular complexity index is 258. The molecule has 4 nitrogen and oxygen atoms in total. The van der Waals surface area contributed by atoms with Crippen molar-refractivity contribution < 1.29 is 14.0 Å². The van der Waals surface area contributed by atoms with Crippen molar-refractivity contribution in [2.24, 2.45) is 0 Å². The fraction of sp³-hybridized carbons (Fsp3) is 0.167. The number of nitrogens with one attached hydrogen (secondary N) is 1. The van der Waals surface area contributed by atoms with E-state index in [-0.39, 0.29) is 5.91 Å². The highest BCUT2D eigenvalue weighted by Crippen LogP contribution is 2.16. The van der Waals surface area contributed by atoms with Gasteiger partial charge in [0.1, 0.15) is 0 Å². The highest BCUT2D eigenvalue weighted by atomic mass is 79.9. The van der Waals surface area contributed by atoms with Crippen LogP contribution in [-0.4, -0.2) is 13.0 Å². The average molecular weight is 220 g/mol. The van der Waals surface area contributed by atoms with Gasteiger partial charge in [-0.3, -0.25) is 9.63 Å². The van der Waals surface area contributed by atoms with Crippen LogP contribution in [-0.2, 0) is 4.84 Å². The Hall–Kier alpha value is -0.810. The van der Waals surface area contributed by atoms with Gasteiger partial charge in [-0.25, -0.2) is 5.48 Å². The number of hydrogen-bond donors (Lipinski definition) is 1. The number of carbonyl (C=O) groups excluding carboxylic acids is 1. The van der Waals surface area contributed by atoms with Crippen molar-refractivity contribution in [3.05, 3.63) is 22.6 Å². The predicted octanol–water partition coefficient (Wildman–Crippen LogP) is 1.33.